The first-order valence-corrected chi connectivity index (χ1v) is 7.43. The summed E-state index contributed by atoms with van der Waals surface area (Å²) >= 11 is 0. The van der Waals surface area contributed by atoms with Crippen molar-refractivity contribution in [2.75, 3.05) is 7.05 Å². The number of imide groups is 1. The summed E-state index contributed by atoms with van der Waals surface area (Å²) in [5.41, 5.74) is 0.238. The summed E-state index contributed by atoms with van der Waals surface area (Å²) in [6.07, 6.45) is 0.266. The van der Waals surface area contributed by atoms with Gasteiger partial charge in [0.05, 0.1) is 0 Å². The molecular formula is C11H15N3O5S. The van der Waals surface area contributed by atoms with Gasteiger partial charge in [0.15, 0.2) is 5.76 Å². The first kappa shape index (κ1) is 14.7. The number of carbonyl (C=O) groups is 2. The van der Waals surface area contributed by atoms with Crippen LogP contribution in [0, 0.1) is 13.8 Å². The van der Waals surface area contributed by atoms with Gasteiger partial charge in [0.1, 0.15) is 16.6 Å². The Morgan fingerprint density at radius 1 is 1.35 bits per heavy atom. The lowest BCUT2D eigenvalue weighted by atomic mass is 10.1. The van der Waals surface area contributed by atoms with E-state index in [1.54, 1.807) is 0 Å². The van der Waals surface area contributed by atoms with Gasteiger partial charge in [0.25, 0.3) is 0 Å². The van der Waals surface area contributed by atoms with Gasteiger partial charge in [0.2, 0.25) is 21.8 Å². The Balaban J connectivity index is 2.35. The highest BCUT2D eigenvalue weighted by atomic mass is 32.2. The number of aromatic nitrogens is 1. The van der Waals surface area contributed by atoms with Crippen molar-refractivity contribution < 1.29 is 22.5 Å². The van der Waals surface area contributed by atoms with Gasteiger partial charge in [-0.3, -0.25) is 14.9 Å². The molecule has 1 aromatic rings. The van der Waals surface area contributed by atoms with E-state index < -0.39 is 27.9 Å². The summed E-state index contributed by atoms with van der Waals surface area (Å²) in [6, 6.07) is -0.911. The fourth-order valence-corrected chi connectivity index (χ4v) is 3.82. The molecular weight excluding hydrogens is 286 g/mol. The van der Waals surface area contributed by atoms with Crippen LogP contribution >= 0.6 is 0 Å². The first-order valence-electron chi connectivity index (χ1n) is 5.99. The number of hydrogen-bond donors (Lipinski definition) is 1. The van der Waals surface area contributed by atoms with Gasteiger partial charge >= 0.3 is 0 Å². The number of rotatable bonds is 3. The number of amides is 2. The van der Waals surface area contributed by atoms with Crippen LogP contribution in [0.3, 0.4) is 0 Å². The second-order valence-electron chi connectivity index (χ2n) is 4.64. The molecule has 0 spiro atoms. The zero-order valence-electron chi connectivity index (χ0n) is 11.3. The summed E-state index contributed by atoms with van der Waals surface area (Å²) in [7, 11) is -2.60. The molecule has 1 unspecified atom stereocenters. The lowest BCUT2D eigenvalue weighted by Gasteiger charge is -2.28. The Morgan fingerprint density at radius 2 is 2.00 bits per heavy atom. The fraction of sp³-hybridized carbons (Fsp3) is 0.545. The van der Waals surface area contributed by atoms with E-state index in [2.05, 4.69) is 10.5 Å². The molecule has 1 saturated heterocycles. The molecule has 0 saturated carbocycles. The molecule has 2 rings (SSSR count). The molecule has 0 bridgehead atoms. The normalized spacial score (nSPS) is 20.3. The fourth-order valence-electron chi connectivity index (χ4n) is 2.18. The third-order valence-corrected chi connectivity index (χ3v) is 5.37. The SMILES string of the molecule is Cc1noc(C)c1S(=O)(=O)N(C)C1CCC(=O)NC1=O. The van der Waals surface area contributed by atoms with Gasteiger partial charge in [-0.15, -0.1) is 0 Å². The number of aryl methyl sites for hydroxylation is 2. The molecule has 1 N–H and O–H groups in total. The standard InChI is InChI=1S/C11H15N3O5S/c1-6-10(7(2)19-13-6)20(17,18)14(3)8-4-5-9(15)12-11(8)16/h8H,4-5H2,1-3H3,(H,12,15,16). The third kappa shape index (κ3) is 2.34. The predicted molar refractivity (Wildman–Crippen MR) is 67.1 cm³/mol. The van der Waals surface area contributed by atoms with Crippen LogP contribution in [-0.4, -0.2) is 42.8 Å². The average molecular weight is 301 g/mol. The van der Waals surface area contributed by atoms with Crippen LogP contribution in [0.25, 0.3) is 0 Å². The van der Waals surface area contributed by atoms with Gasteiger partial charge in [-0.1, -0.05) is 5.16 Å². The van der Waals surface area contributed by atoms with E-state index in [1.165, 1.54) is 20.9 Å². The quantitative estimate of drug-likeness (QED) is 0.769. The first-order chi connectivity index (χ1) is 9.25. The molecule has 0 aliphatic carbocycles. The highest BCUT2D eigenvalue weighted by Crippen LogP contribution is 2.25. The van der Waals surface area contributed by atoms with Crippen molar-refractivity contribution in [2.24, 2.45) is 0 Å². The van der Waals surface area contributed by atoms with E-state index in [0.717, 1.165) is 4.31 Å². The van der Waals surface area contributed by atoms with Crippen molar-refractivity contribution in [3.05, 3.63) is 11.5 Å². The number of nitrogens with zero attached hydrogens (tertiary/aromatic N) is 2. The van der Waals surface area contributed by atoms with Crippen molar-refractivity contribution >= 4 is 21.8 Å². The highest BCUT2D eigenvalue weighted by molar-refractivity contribution is 7.89. The minimum Gasteiger partial charge on any atom is -0.360 e. The molecule has 9 heteroatoms. The summed E-state index contributed by atoms with van der Waals surface area (Å²) in [5, 5.41) is 5.74. The molecule has 1 fully saturated rings. The Morgan fingerprint density at radius 3 is 2.50 bits per heavy atom. The predicted octanol–water partition coefficient (Wildman–Crippen LogP) is -0.283. The van der Waals surface area contributed by atoms with Crippen LogP contribution in [0.1, 0.15) is 24.3 Å². The van der Waals surface area contributed by atoms with Gasteiger partial charge in [-0.2, -0.15) is 4.31 Å². The van der Waals surface area contributed by atoms with Gasteiger partial charge in [0, 0.05) is 13.5 Å². The summed E-state index contributed by atoms with van der Waals surface area (Å²) in [4.78, 5) is 22.8. The van der Waals surface area contributed by atoms with E-state index in [4.69, 9.17) is 4.52 Å². The minimum atomic E-state index is -3.90. The van der Waals surface area contributed by atoms with E-state index in [9.17, 15) is 18.0 Å². The zero-order chi connectivity index (χ0) is 15.1. The Kier molecular flexibility index (Phi) is 3.65. The van der Waals surface area contributed by atoms with E-state index in [1.807, 2.05) is 0 Å². The van der Waals surface area contributed by atoms with Gasteiger partial charge < -0.3 is 4.52 Å². The van der Waals surface area contributed by atoms with Crippen molar-refractivity contribution in [3.8, 4) is 0 Å². The molecule has 1 aromatic heterocycles. The number of likely N-dealkylation sites (N-methyl/N-ethyl adjacent to an activating group) is 1. The molecule has 1 aliphatic heterocycles. The van der Waals surface area contributed by atoms with Crippen LogP contribution in [0.2, 0.25) is 0 Å². The monoisotopic (exact) mass is 301 g/mol. The minimum absolute atomic E-state index is 0.0373. The molecule has 8 nitrogen and oxygen atoms in total. The molecule has 1 atom stereocenters. The highest BCUT2D eigenvalue weighted by Gasteiger charge is 2.38. The number of sulfonamides is 1. The summed E-state index contributed by atoms with van der Waals surface area (Å²) in [6.45, 7) is 3.01. The maximum Gasteiger partial charge on any atom is 0.248 e. The second-order valence-corrected chi connectivity index (χ2v) is 6.58. The Hall–Kier alpha value is -1.74. The van der Waals surface area contributed by atoms with Crippen molar-refractivity contribution in [1.82, 2.24) is 14.8 Å². The van der Waals surface area contributed by atoms with Gasteiger partial charge in [-0.25, -0.2) is 8.42 Å². The summed E-state index contributed by atoms with van der Waals surface area (Å²) in [5.74, 6) is -0.838. The molecule has 110 valence electrons. The van der Waals surface area contributed by atoms with Crippen LogP contribution in [0.15, 0.2) is 9.42 Å². The van der Waals surface area contributed by atoms with Crippen LogP contribution in [0.5, 0.6) is 0 Å². The smallest absolute Gasteiger partial charge is 0.248 e. The summed E-state index contributed by atoms with van der Waals surface area (Å²) < 4.78 is 30.9. The maximum atomic E-state index is 12.5. The maximum absolute atomic E-state index is 12.5. The molecule has 1 aliphatic rings. The van der Waals surface area contributed by atoms with E-state index in [0.29, 0.717) is 0 Å². The third-order valence-electron chi connectivity index (χ3n) is 3.25. The molecule has 2 amide bonds. The molecule has 2 heterocycles. The number of hydrogen-bond acceptors (Lipinski definition) is 6. The average Bonchev–Trinajstić information content (AvgIpc) is 2.68. The molecule has 0 aromatic carbocycles. The van der Waals surface area contributed by atoms with Crippen LogP contribution < -0.4 is 5.32 Å². The Labute approximate surface area is 116 Å². The second kappa shape index (κ2) is 4.98. The lowest BCUT2D eigenvalue weighted by Crippen LogP contribution is -2.52. The van der Waals surface area contributed by atoms with Gasteiger partial charge in [-0.05, 0) is 20.3 Å². The van der Waals surface area contributed by atoms with Crippen molar-refractivity contribution in [1.29, 1.82) is 0 Å². The van der Waals surface area contributed by atoms with E-state index in [-0.39, 0.29) is 29.2 Å². The number of carbonyl (C=O) groups excluding carboxylic acids is 2. The molecule has 0 radical (unpaired) electrons. The topological polar surface area (TPSA) is 110 Å². The number of nitrogens with one attached hydrogen (secondary N) is 1. The zero-order valence-corrected chi connectivity index (χ0v) is 12.2. The lowest BCUT2D eigenvalue weighted by molar-refractivity contribution is -0.135. The van der Waals surface area contributed by atoms with E-state index >= 15 is 0 Å². The largest absolute Gasteiger partial charge is 0.360 e. The van der Waals surface area contributed by atoms with Crippen molar-refractivity contribution in [2.45, 2.75) is 37.6 Å². The van der Waals surface area contributed by atoms with Crippen LogP contribution in [-0.2, 0) is 19.6 Å². The Bertz CT molecular complexity index is 644. The van der Waals surface area contributed by atoms with Crippen LogP contribution in [0.4, 0.5) is 0 Å². The molecule has 20 heavy (non-hydrogen) atoms. The van der Waals surface area contributed by atoms with Crippen molar-refractivity contribution in [3.63, 3.8) is 0 Å². The number of piperidine rings is 1.